The fourth-order valence-corrected chi connectivity index (χ4v) is 5.23. The van der Waals surface area contributed by atoms with Crippen molar-refractivity contribution in [3.63, 3.8) is 0 Å². The maximum Gasteiger partial charge on any atom is 0.141 e. The zero-order chi connectivity index (χ0) is 17.4. The van der Waals surface area contributed by atoms with E-state index >= 15 is 0 Å². The molecule has 1 aliphatic carbocycles. The highest BCUT2D eigenvalue weighted by molar-refractivity contribution is 7.88. The third kappa shape index (κ3) is 3.05. The average molecular weight is 364 g/mol. The van der Waals surface area contributed by atoms with Gasteiger partial charge in [0, 0.05) is 16.9 Å². The minimum atomic E-state index is -1.24. The van der Waals surface area contributed by atoms with Crippen molar-refractivity contribution in [1.29, 1.82) is 0 Å². The van der Waals surface area contributed by atoms with E-state index in [4.69, 9.17) is 16.3 Å². The largest absolute Gasteiger partial charge is 0.495 e. The molecule has 3 nitrogen and oxygen atoms in total. The first-order valence-electron chi connectivity index (χ1n) is 7.94. The molecule has 0 bridgehead atoms. The van der Waals surface area contributed by atoms with Crippen molar-refractivity contribution < 1.29 is 8.95 Å². The number of anilines is 1. The Morgan fingerprint density at radius 3 is 2.54 bits per heavy atom. The van der Waals surface area contributed by atoms with Crippen molar-refractivity contribution in [1.82, 2.24) is 0 Å². The van der Waals surface area contributed by atoms with Gasteiger partial charge in [0.15, 0.2) is 0 Å². The highest BCUT2D eigenvalue weighted by atomic mass is 35.5. The first-order chi connectivity index (χ1) is 11.4. The zero-order valence-electron chi connectivity index (χ0n) is 14.1. The molecule has 1 fully saturated rings. The lowest BCUT2D eigenvalue weighted by Gasteiger charge is -2.19. The molecule has 1 saturated carbocycles. The number of methoxy groups -OCH3 is 1. The molecule has 2 aromatic rings. The standard InChI is InChI=1S/C19H22ClNO2S/c1-14-8-10-15(11-9-14)24(22)19(20)12-18(19,2)13-21-16-6-4-5-7-17(16)23-3/h4-11,21H,12-13H2,1-3H3/t18-,19-,24?/m0/s1. The topological polar surface area (TPSA) is 38.3 Å². The van der Waals surface area contributed by atoms with Crippen molar-refractivity contribution in [3.8, 4) is 5.75 Å². The summed E-state index contributed by atoms with van der Waals surface area (Å²) in [4.78, 5) is 0.789. The Labute approximate surface area is 150 Å². The number of hydrogen-bond acceptors (Lipinski definition) is 3. The zero-order valence-corrected chi connectivity index (χ0v) is 15.7. The number of para-hydroxylation sites is 2. The Hall–Kier alpha value is -1.52. The number of alkyl halides is 1. The minimum absolute atomic E-state index is 0.231. The van der Waals surface area contributed by atoms with Gasteiger partial charge in [-0.15, -0.1) is 11.6 Å². The minimum Gasteiger partial charge on any atom is -0.495 e. The van der Waals surface area contributed by atoms with Crippen LogP contribution in [0.15, 0.2) is 53.4 Å². The van der Waals surface area contributed by atoms with E-state index < -0.39 is 15.0 Å². The molecule has 128 valence electrons. The summed E-state index contributed by atoms with van der Waals surface area (Å²) in [5, 5.41) is 3.39. The Morgan fingerprint density at radius 2 is 1.88 bits per heavy atom. The van der Waals surface area contributed by atoms with Gasteiger partial charge in [-0.25, -0.2) is 0 Å². The Kier molecular flexibility index (Phi) is 4.63. The first kappa shape index (κ1) is 17.3. The fraction of sp³-hybridized carbons (Fsp3) is 0.368. The lowest BCUT2D eigenvalue weighted by Crippen LogP contribution is -2.24. The van der Waals surface area contributed by atoms with Gasteiger partial charge in [-0.05, 0) is 37.6 Å². The van der Waals surface area contributed by atoms with Crippen LogP contribution >= 0.6 is 11.6 Å². The Bertz CT molecular complexity index is 764. The number of ether oxygens (including phenoxy) is 1. The molecule has 24 heavy (non-hydrogen) atoms. The summed E-state index contributed by atoms with van der Waals surface area (Å²) in [6.07, 6.45) is 0.712. The summed E-state index contributed by atoms with van der Waals surface area (Å²) in [5.74, 6) is 0.793. The van der Waals surface area contributed by atoms with Crippen molar-refractivity contribution >= 4 is 28.1 Å². The summed E-state index contributed by atoms with van der Waals surface area (Å²) in [6, 6.07) is 15.5. The van der Waals surface area contributed by atoms with E-state index in [-0.39, 0.29) is 5.41 Å². The highest BCUT2D eigenvalue weighted by Crippen LogP contribution is 2.64. The van der Waals surface area contributed by atoms with E-state index in [0.29, 0.717) is 13.0 Å². The van der Waals surface area contributed by atoms with Crippen LogP contribution in [-0.2, 0) is 10.8 Å². The molecule has 0 amide bonds. The van der Waals surface area contributed by atoms with Gasteiger partial charge in [-0.2, -0.15) is 0 Å². The van der Waals surface area contributed by atoms with Gasteiger partial charge in [0.2, 0.25) is 0 Å². The summed E-state index contributed by atoms with van der Waals surface area (Å²) < 4.78 is 17.5. The van der Waals surface area contributed by atoms with Crippen molar-refractivity contribution in [2.75, 3.05) is 19.0 Å². The van der Waals surface area contributed by atoms with Crippen LogP contribution in [0.1, 0.15) is 18.9 Å². The van der Waals surface area contributed by atoms with Gasteiger partial charge >= 0.3 is 0 Å². The summed E-state index contributed by atoms with van der Waals surface area (Å²) in [7, 11) is 0.412. The van der Waals surface area contributed by atoms with E-state index in [1.807, 2.05) is 55.5 Å². The quantitative estimate of drug-likeness (QED) is 0.764. The maximum atomic E-state index is 12.9. The molecule has 0 heterocycles. The van der Waals surface area contributed by atoms with E-state index in [1.165, 1.54) is 0 Å². The van der Waals surface area contributed by atoms with Crippen LogP contribution in [0.2, 0.25) is 0 Å². The SMILES string of the molecule is COc1ccccc1NC[C@]1(C)C[C@]1(Cl)S(=O)c1ccc(C)cc1. The van der Waals surface area contributed by atoms with Gasteiger partial charge in [0.1, 0.15) is 9.96 Å². The summed E-state index contributed by atoms with van der Waals surface area (Å²) in [5.41, 5.74) is 1.84. The number of aryl methyl sites for hydroxylation is 1. The van der Waals surface area contributed by atoms with Crippen LogP contribution in [0.4, 0.5) is 5.69 Å². The van der Waals surface area contributed by atoms with Crippen molar-refractivity contribution in [2.24, 2.45) is 5.41 Å². The first-order valence-corrected chi connectivity index (χ1v) is 9.47. The molecule has 0 saturated heterocycles. The Morgan fingerprint density at radius 1 is 1.21 bits per heavy atom. The van der Waals surface area contributed by atoms with Crippen LogP contribution in [0, 0.1) is 12.3 Å². The second-order valence-corrected chi connectivity index (χ2v) is 9.18. The Balaban J connectivity index is 1.71. The van der Waals surface area contributed by atoms with Crippen molar-refractivity contribution in [2.45, 2.75) is 29.4 Å². The molecule has 3 atom stereocenters. The molecule has 1 unspecified atom stereocenters. The molecule has 0 aromatic heterocycles. The number of nitrogens with one attached hydrogen (secondary N) is 1. The van der Waals surface area contributed by atoms with Gasteiger partial charge in [0.25, 0.3) is 0 Å². The van der Waals surface area contributed by atoms with Gasteiger partial charge in [0.05, 0.1) is 23.6 Å². The maximum absolute atomic E-state index is 12.9. The molecule has 0 radical (unpaired) electrons. The lowest BCUT2D eigenvalue weighted by atomic mass is 10.1. The summed E-state index contributed by atoms with van der Waals surface area (Å²) in [6.45, 7) is 4.74. The number of hydrogen-bond donors (Lipinski definition) is 1. The molecule has 5 heteroatoms. The average Bonchev–Trinajstić information content (AvgIpc) is 3.16. The number of halogens is 1. The van der Waals surface area contributed by atoms with Gasteiger partial charge < -0.3 is 10.1 Å². The smallest absolute Gasteiger partial charge is 0.141 e. The third-order valence-electron chi connectivity index (χ3n) is 4.70. The van der Waals surface area contributed by atoms with Crippen LogP contribution in [0.25, 0.3) is 0 Å². The van der Waals surface area contributed by atoms with E-state index in [1.54, 1.807) is 7.11 Å². The van der Waals surface area contributed by atoms with E-state index in [0.717, 1.165) is 21.9 Å². The normalized spacial score (nSPS) is 26.7. The third-order valence-corrected chi connectivity index (χ3v) is 7.63. The molecule has 3 rings (SSSR count). The lowest BCUT2D eigenvalue weighted by molar-refractivity contribution is 0.416. The fourth-order valence-electron chi connectivity index (χ4n) is 2.87. The van der Waals surface area contributed by atoms with E-state index in [9.17, 15) is 4.21 Å². The van der Waals surface area contributed by atoms with Crippen molar-refractivity contribution in [3.05, 3.63) is 54.1 Å². The van der Waals surface area contributed by atoms with Gasteiger partial charge in [-0.3, -0.25) is 4.21 Å². The molecule has 2 aromatic carbocycles. The van der Waals surface area contributed by atoms with Crippen LogP contribution in [0.3, 0.4) is 0 Å². The van der Waals surface area contributed by atoms with Crippen LogP contribution in [0.5, 0.6) is 5.75 Å². The number of rotatable bonds is 6. The molecular weight excluding hydrogens is 342 g/mol. The van der Waals surface area contributed by atoms with Crippen LogP contribution in [-0.4, -0.2) is 22.1 Å². The second-order valence-electron chi connectivity index (χ2n) is 6.60. The predicted molar refractivity (Wildman–Crippen MR) is 100 cm³/mol. The second kappa shape index (κ2) is 6.41. The number of benzene rings is 2. The predicted octanol–water partition coefficient (Wildman–Crippen LogP) is 4.57. The molecule has 1 aliphatic rings. The molecule has 1 N–H and O–H groups in total. The molecule has 0 spiro atoms. The summed E-state index contributed by atoms with van der Waals surface area (Å²) >= 11 is 6.74. The highest BCUT2D eigenvalue weighted by Gasteiger charge is 2.67. The molecular formula is C19H22ClNO2S. The van der Waals surface area contributed by atoms with Gasteiger partial charge in [-0.1, -0.05) is 36.8 Å². The van der Waals surface area contributed by atoms with E-state index in [2.05, 4.69) is 12.2 Å². The molecule has 0 aliphatic heterocycles. The van der Waals surface area contributed by atoms with Crippen LogP contribution < -0.4 is 10.1 Å². The monoisotopic (exact) mass is 363 g/mol.